The molecule has 0 aliphatic carbocycles. The van der Waals surface area contributed by atoms with E-state index in [9.17, 15) is 0 Å². The molecule has 3 rings (SSSR count). The highest BCUT2D eigenvalue weighted by molar-refractivity contribution is 5.46. The van der Waals surface area contributed by atoms with Crippen molar-refractivity contribution in [2.45, 2.75) is 33.2 Å². The number of fused-ring (bicyclic) bond motifs is 1. The number of aryl methyl sites for hydroxylation is 3. The fourth-order valence-electron chi connectivity index (χ4n) is 3.18. The monoisotopic (exact) mass is 281 g/mol. The Bertz CT molecular complexity index is 676. The molecule has 1 unspecified atom stereocenters. The minimum Gasteiger partial charge on any atom is -0.493 e. The van der Waals surface area contributed by atoms with Crippen LogP contribution in [0, 0.1) is 20.8 Å². The molecule has 2 nitrogen and oxygen atoms in total. The predicted octanol–water partition coefficient (Wildman–Crippen LogP) is 3.86. The van der Waals surface area contributed by atoms with Gasteiger partial charge in [-0.3, -0.25) is 0 Å². The third-order valence-corrected chi connectivity index (χ3v) is 4.53. The second kappa shape index (κ2) is 5.53. The summed E-state index contributed by atoms with van der Waals surface area (Å²) in [5, 5.41) is 3.47. The van der Waals surface area contributed by atoms with Gasteiger partial charge in [0.2, 0.25) is 0 Å². The molecule has 0 saturated heterocycles. The van der Waals surface area contributed by atoms with Gasteiger partial charge in [-0.1, -0.05) is 24.3 Å². The summed E-state index contributed by atoms with van der Waals surface area (Å²) in [6.07, 6.45) is 1.02. The molecule has 110 valence electrons. The lowest BCUT2D eigenvalue weighted by atomic mass is 9.91. The van der Waals surface area contributed by atoms with Gasteiger partial charge in [-0.2, -0.15) is 0 Å². The van der Waals surface area contributed by atoms with Gasteiger partial charge in [-0.05, 0) is 67.3 Å². The summed E-state index contributed by atoms with van der Waals surface area (Å²) in [7, 11) is 2.03. The van der Waals surface area contributed by atoms with Gasteiger partial charge >= 0.3 is 0 Å². The first-order valence-electron chi connectivity index (χ1n) is 7.61. The number of nitrogens with one attached hydrogen (secondary N) is 1. The highest BCUT2D eigenvalue weighted by atomic mass is 16.5. The van der Waals surface area contributed by atoms with E-state index in [1.807, 2.05) is 7.05 Å². The summed E-state index contributed by atoms with van der Waals surface area (Å²) in [4.78, 5) is 0. The predicted molar refractivity (Wildman–Crippen MR) is 87.2 cm³/mol. The van der Waals surface area contributed by atoms with Crippen LogP contribution in [0.5, 0.6) is 5.75 Å². The molecule has 0 spiro atoms. The molecule has 0 fully saturated rings. The quantitative estimate of drug-likeness (QED) is 0.922. The zero-order valence-corrected chi connectivity index (χ0v) is 13.3. The highest BCUT2D eigenvalue weighted by Gasteiger charge is 2.19. The Morgan fingerprint density at radius 2 is 1.76 bits per heavy atom. The third kappa shape index (κ3) is 2.56. The Kier molecular flexibility index (Phi) is 3.73. The van der Waals surface area contributed by atoms with Gasteiger partial charge in [0.15, 0.2) is 0 Å². The van der Waals surface area contributed by atoms with Crippen LogP contribution in [0.4, 0.5) is 0 Å². The summed E-state index contributed by atoms with van der Waals surface area (Å²) in [5.74, 6) is 1.05. The molecule has 0 saturated carbocycles. The number of rotatable bonds is 3. The zero-order valence-electron chi connectivity index (χ0n) is 13.3. The molecule has 0 bridgehead atoms. The molecule has 0 radical (unpaired) electrons. The van der Waals surface area contributed by atoms with Crippen molar-refractivity contribution in [3.8, 4) is 5.75 Å². The lowest BCUT2D eigenvalue weighted by Gasteiger charge is -2.21. The van der Waals surface area contributed by atoms with E-state index in [0.717, 1.165) is 18.8 Å². The molecular weight excluding hydrogens is 258 g/mol. The Hall–Kier alpha value is -1.80. The van der Waals surface area contributed by atoms with Crippen molar-refractivity contribution in [3.05, 3.63) is 63.7 Å². The van der Waals surface area contributed by atoms with Crippen molar-refractivity contribution in [3.63, 3.8) is 0 Å². The fraction of sp³-hybridized carbons (Fsp3) is 0.368. The Balaban J connectivity index is 2.04. The van der Waals surface area contributed by atoms with Gasteiger partial charge in [0.1, 0.15) is 5.75 Å². The van der Waals surface area contributed by atoms with Crippen LogP contribution in [0.25, 0.3) is 0 Å². The van der Waals surface area contributed by atoms with Crippen LogP contribution >= 0.6 is 0 Å². The summed E-state index contributed by atoms with van der Waals surface area (Å²) >= 11 is 0. The maximum absolute atomic E-state index is 5.61. The summed E-state index contributed by atoms with van der Waals surface area (Å²) in [6.45, 7) is 7.36. The van der Waals surface area contributed by atoms with E-state index >= 15 is 0 Å². The molecule has 21 heavy (non-hydrogen) atoms. The van der Waals surface area contributed by atoms with Crippen LogP contribution in [-0.4, -0.2) is 13.7 Å². The van der Waals surface area contributed by atoms with Gasteiger partial charge in [-0.15, -0.1) is 0 Å². The maximum atomic E-state index is 5.61. The number of ether oxygens (including phenoxy) is 1. The Morgan fingerprint density at radius 1 is 1.00 bits per heavy atom. The fourth-order valence-corrected chi connectivity index (χ4v) is 3.18. The van der Waals surface area contributed by atoms with Crippen molar-refractivity contribution >= 4 is 0 Å². The van der Waals surface area contributed by atoms with Crippen LogP contribution < -0.4 is 10.1 Å². The van der Waals surface area contributed by atoms with Gasteiger partial charge in [0.25, 0.3) is 0 Å². The average Bonchev–Trinajstić information content (AvgIpc) is 2.92. The first-order valence-corrected chi connectivity index (χ1v) is 7.61. The van der Waals surface area contributed by atoms with E-state index < -0.39 is 0 Å². The number of hydrogen-bond donors (Lipinski definition) is 1. The van der Waals surface area contributed by atoms with Gasteiger partial charge in [0, 0.05) is 6.42 Å². The molecule has 1 heterocycles. The topological polar surface area (TPSA) is 21.3 Å². The molecule has 0 amide bonds. The molecule has 1 aliphatic heterocycles. The Labute approximate surface area is 127 Å². The van der Waals surface area contributed by atoms with Crippen molar-refractivity contribution in [1.82, 2.24) is 5.32 Å². The minimum atomic E-state index is 0.232. The molecular formula is C19H23NO. The maximum Gasteiger partial charge on any atom is 0.122 e. The van der Waals surface area contributed by atoms with E-state index in [4.69, 9.17) is 4.74 Å². The first-order chi connectivity index (χ1) is 10.1. The van der Waals surface area contributed by atoms with Crippen molar-refractivity contribution in [1.29, 1.82) is 0 Å². The average molecular weight is 281 g/mol. The van der Waals surface area contributed by atoms with Gasteiger partial charge in [-0.25, -0.2) is 0 Å². The third-order valence-electron chi connectivity index (χ3n) is 4.53. The van der Waals surface area contributed by atoms with Crippen molar-refractivity contribution in [2.75, 3.05) is 13.7 Å². The van der Waals surface area contributed by atoms with E-state index in [2.05, 4.69) is 56.4 Å². The van der Waals surface area contributed by atoms with E-state index in [0.29, 0.717) is 0 Å². The van der Waals surface area contributed by atoms with Crippen LogP contribution in [-0.2, 0) is 6.42 Å². The molecule has 2 heteroatoms. The summed E-state index contributed by atoms with van der Waals surface area (Å²) in [6, 6.07) is 11.4. The largest absolute Gasteiger partial charge is 0.493 e. The van der Waals surface area contributed by atoms with Gasteiger partial charge in [0.05, 0.1) is 12.6 Å². The second-order valence-corrected chi connectivity index (χ2v) is 5.98. The summed E-state index contributed by atoms with van der Waals surface area (Å²) in [5.41, 5.74) is 8.05. The first kappa shape index (κ1) is 14.2. The SMILES string of the molecule is CNC(c1ccc2c(c1)CCO2)c1cc(C)c(C)cc1C. The van der Waals surface area contributed by atoms with Crippen molar-refractivity contribution < 1.29 is 4.74 Å². The number of hydrogen-bond acceptors (Lipinski definition) is 2. The highest BCUT2D eigenvalue weighted by Crippen LogP contribution is 2.32. The standard InChI is InChI=1S/C19H23NO/c1-12-9-14(3)17(10-13(12)2)19(20-4)16-5-6-18-15(11-16)7-8-21-18/h5-6,9-11,19-20H,7-8H2,1-4H3. The van der Waals surface area contributed by atoms with E-state index in [1.165, 1.54) is 33.4 Å². The lowest BCUT2D eigenvalue weighted by molar-refractivity contribution is 0.357. The van der Waals surface area contributed by atoms with Crippen LogP contribution in [0.2, 0.25) is 0 Å². The van der Waals surface area contributed by atoms with Crippen LogP contribution in [0.3, 0.4) is 0 Å². The smallest absolute Gasteiger partial charge is 0.122 e. The molecule has 1 N–H and O–H groups in total. The van der Waals surface area contributed by atoms with Crippen LogP contribution in [0.1, 0.15) is 39.4 Å². The number of benzene rings is 2. The van der Waals surface area contributed by atoms with E-state index in [-0.39, 0.29) is 6.04 Å². The lowest BCUT2D eigenvalue weighted by Crippen LogP contribution is -2.19. The normalized spacial score (nSPS) is 14.7. The van der Waals surface area contributed by atoms with E-state index in [1.54, 1.807) is 0 Å². The molecule has 1 aliphatic rings. The minimum absolute atomic E-state index is 0.232. The molecule has 1 atom stereocenters. The second-order valence-electron chi connectivity index (χ2n) is 5.98. The van der Waals surface area contributed by atoms with Crippen molar-refractivity contribution in [2.24, 2.45) is 0 Å². The molecule has 2 aromatic rings. The van der Waals surface area contributed by atoms with Crippen LogP contribution in [0.15, 0.2) is 30.3 Å². The molecule has 2 aromatic carbocycles. The zero-order chi connectivity index (χ0) is 15.0. The summed E-state index contributed by atoms with van der Waals surface area (Å²) < 4.78 is 5.61. The molecule has 0 aromatic heterocycles. The Morgan fingerprint density at radius 3 is 2.52 bits per heavy atom. The van der Waals surface area contributed by atoms with Gasteiger partial charge < -0.3 is 10.1 Å².